The third-order valence-corrected chi connectivity index (χ3v) is 3.09. The molecule has 2 rings (SSSR count). The van der Waals surface area contributed by atoms with Crippen molar-refractivity contribution in [1.29, 1.82) is 0 Å². The first-order chi connectivity index (χ1) is 9.20. The Balaban J connectivity index is 2.18. The third kappa shape index (κ3) is 3.73. The van der Waals surface area contributed by atoms with Crippen molar-refractivity contribution < 1.29 is 4.79 Å². The van der Waals surface area contributed by atoms with Crippen molar-refractivity contribution in [3.63, 3.8) is 0 Å². The summed E-state index contributed by atoms with van der Waals surface area (Å²) in [4.78, 5) is 11.7. The van der Waals surface area contributed by atoms with E-state index in [-0.39, 0.29) is 18.3 Å². The molecule has 1 aliphatic rings. The van der Waals surface area contributed by atoms with Gasteiger partial charge in [0.1, 0.15) is 6.54 Å². The molecule has 0 aliphatic carbocycles. The number of carbonyl (C=O) groups excluding carboxylic acids is 1. The fourth-order valence-corrected chi connectivity index (χ4v) is 1.97. The molecule has 5 heteroatoms. The van der Waals surface area contributed by atoms with E-state index in [1.807, 2.05) is 24.3 Å². The van der Waals surface area contributed by atoms with Gasteiger partial charge in [-0.1, -0.05) is 35.6 Å². The van der Waals surface area contributed by atoms with Crippen molar-refractivity contribution in [1.82, 2.24) is 5.01 Å². The predicted molar refractivity (Wildman–Crippen MR) is 77.4 cm³/mol. The largest absolute Gasteiger partial charge is 0.273 e. The maximum Gasteiger partial charge on any atom is 0.243 e. The number of carbonyl (C=O) groups is 1. The van der Waals surface area contributed by atoms with Crippen LogP contribution in [0.3, 0.4) is 0 Å². The van der Waals surface area contributed by atoms with Crippen LogP contribution in [0.25, 0.3) is 0 Å². The van der Waals surface area contributed by atoms with Gasteiger partial charge in [0.05, 0.1) is 11.6 Å². The van der Waals surface area contributed by atoms with Gasteiger partial charge in [0.15, 0.2) is 0 Å². The van der Waals surface area contributed by atoms with Crippen LogP contribution in [0.1, 0.15) is 18.4 Å². The Labute approximate surface area is 122 Å². The van der Waals surface area contributed by atoms with E-state index in [4.69, 9.17) is 23.2 Å². The van der Waals surface area contributed by atoms with Gasteiger partial charge >= 0.3 is 0 Å². The zero-order chi connectivity index (χ0) is 13.7. The summed E-state index contributed by atoms with van der Waals surface area (Å²) in [5, 5.41) is 6.42. The van der Waals surface area contributed by atoms with Gasteiger partial charge in [-0.25, -0.2) is 5.01 Å². The molecule has 0 unspecified atom stereocenters. The molecule has 0 bridgehead atoms. The van der Waals surface area contributed by atoms with Crippen LogP contribution in [-0.4, -0.2) is 29.1 Å². The molecule has 1 aromatic carbocycles. The third-order valence-electron chi connectivity index (χ3n) is 2.70. The van der Waals surface area contributed by atoms with Gasteiger partial charge in [-0.05, 0) is 17.7 Å². The molecule has 3 nitrogen and oxygen atoms in total. The van der Waals surface area contributed by atoms with Gasteiger partial charge < -0.3 is 0 Å². The monoisotopic (exact) mass is 294 g/mol. The lowest BCUT2D eigenvalue weighted by atomic mass is 10.0. The molecule has 19 heavy (non-hydrogen) atoms. The summed E-state index contributed by atoms with van der Waals surface area (Å²) in [5.41, 5.74) is 1.86. The summed E-state index contributed by atoms with van der Waals surface area (Å²) in [6.45, 7) is 0.280. The second-order valence-electron chi connectivity index (χ2n) is 3.99. The molecule has 0 spiro atoms. The Hall–Kier alpha value is -1.50. The van der Waals surface area contributed by atoms with E-state index in [9.17, 15) is 4.79 Å². The highest BCUT2D eigenvalue weighted by atomic mass is 35.5. The zero-order valence-electron chi connectivity index (χ0n) is 10.2. The Bertz CT molecular complexity index is 555. The van der Waals surface area contributed by atoms with Crippen LogP contribution in [0, 0.1) is 11.8 Å². The summed E-state index contributed by atoms with van der Waals surface area (Å²) < 4.78 is 0. The van der Waals surface area contributed by atoms with E-state index in [2.05, 4.69) is 16.9 Å². The molecule has 1 aromatic rings. The molecule has 0 N–H and O–H groups in total. The highest BCUT2D eigenvalue weighted by molar-refractivity contribution is 6.30. The molecule has 1 heterocycles. The van der Waals surface area contributed by atoms with Crippen LogP contribution in [0.15, 0.2) is 29.4 Å². The first-order valence-corrected chi connectivity index (χ1v) is 6.77. The number of benzene rings is 1. The van der Waals surface area contributed by atoms with Crippen molar-refractivity contribution >= 4 is 34.8 Å². The SMILES string of the molecule is O=C1CCC(c2ccc(Cl)cc2)=NN1CC#CCCl. The molecule has 0 saturated carbocycles. The normalized spacial score (nSPS) is 14.7. The van der Waals surface area contributed by atoms with E-state index < -0.39 is 0 Å². The number of hydrazone groups is 1. The fourth-order valence-electron chi connectivity index (χ4n) is 1.75. The number of amides is 1. The Morgan fingerprint density at radius 3 is 2.63 bits per heavy atom. The molecule has 0 radical (unpaired) electrons. The molecule has 0 fully saturated rings. The summed E-state index contributed by atoms with van der Waals surface area (Å²) >= 11 is 11.3. The van der Waals surface area contributed by atoms with Gasteiger partial charge in [0, 0.05) is 17.9 Å². The van der Waals surface area contributed by atoms with E-state index in [0.29, 0.717) is 17.9 Å². The van der Waals surface area contributed by atoms with E-state index in [1.165, 1.54) is 5.01 Å². The van der Waals surface area contributed by atoms with Crippen molar-refractivity contribution in [2.45, 2.75) is 12.8 Å². The van der Waals surface area contributed by atoms with Gasteiger partial charge in [-0.15, -0.1) is 11.6 Å². The molecule has 1 amide bonds. The standard InChI is InChI=1S/C14H12Cl2N2O/c15-9-1-2-10-18-14(19)8-7-13(17-18)11-3-5-12(16)6-4-11/h3-6H,7-10H2. The van der Waals surface area contributed by atoms with E-state index >= 15 is 0 Å². The van der Waals surface area contributed by atoms with Crippen molar-refractivity contribution in [3.05, 3.63) is 34.9 Å². The average molecular weight is 295 g/mol. The molecule has 0 saturated heterocycles. The zero-order valence-corrected chi connectivity index (χ0v) is 11.7. The minimum Gasteiger partial charge on any atom is -0.273 e. The summed E-state index contributed by atoms with van der Waals surface area (Å²) in [6, 6.07) is 7.43. The average Bonchev–Trinajstić information content (AvgIpc) is 2.42. The van der Waals surface area contributed by atoms with E-state index in [0.717, 1.165) is 11.3 Å². The summed E-state index contributed by atoms with van der Waals surface area (Å²) in [5.74, 6) is 5.77. The van der Waals surface area contributed by atoms with Crippen LogP contribution in [0.4, 0.5) is 0 Å². The van der Waals surface area contributed by atoms with Gasteiger partial charge in [0.2, 0.25) is 5.91 Å². The molecular weight excluding hydrogens is 283 g/mol. The number of alkyl halides is 1. The summed E-state index contributed by atoms with van der Waals surface area (Å²) in [6.07, 6.45) is 1.09. The molecule has 1 aliphatic heterocycles. The second kappa shape index (κ2) is 6.60. The van der Waals surface area contributed by atoms with Gasteiger partial charge in [-0.3, -0.25) is 4.79 Å². The van der Waals surface area contributed by atoms with Crippen LogP contribution >= 0.6 is 23.2 Å². The number of nitrogens with zero attached hydrogens (tertiary/aromatic N) is 2. The maximum absolute atomic E-state index is 11.7. The fraction of sp³-hybridized carbons (Fsp3) is 0.286. The topological polar surface area (TPSA) is 32.7 Å². The van der Waals surface area contributed by atoms with Crippen LogP contribution in [0.2, 0.25) is 5.02 Å². The Morgan fingerprint density at radius 2 is 1.95 bits per heavy atom. The lowest BCUT2D eigenvalue weighted by Gasteiger charge is -2.21. The minimum atomic E-state index is -0.0124. The van der Waals surface area contributed by atoms with Gasteiger partial charge in [-0.2, -0.15) is 5.10 Å². The van der Waals surface area contributed by atoms with Crippen LogP contribution in [0.5, 0.6) is 0 Å². The Kier molecular flexibility index (Phi) is 4.84. The Morgan fingerprint density at radius 1 is 1.21 bits per heavy atom. The second-order valence-corrected chi connectivity index (χ2v) is 4.70. The van der Waals surface area contributed by atoms with Crippen LogP contribution in [-0.2, 0) is 4.79 Å². The lowest BCUT2D eigenvalue weighted by molar-refractivity contribution is -0.131. The van der Waals surface area contributed by atoms with Crippen LogP contribution < -0.4 is 0 Å². The maximum atomic E-state index is 11.7. The number of halogens is 2. The smallest absolute Gasteiger partial charge is 0.243 e. The number of rotatable bonds is 2. The molecule has 0 atom stereocenters. The summed E-state index contributed by atoms with van der Waals surface area (Å²) in [7, 11) is 0. The molecule has 0 aromatic heterocycles. The highest BCUT2D eigenvalue weighted by Gasteiger charge is 2.20. The molecular formula is C14H12Cl2N2O. The quantitative estimate of drug-likeness (QED) is 0.610. The minimum absolute atomic E-state index is 0.0124. The highest BCUT2D eigenvalue weighted by Crippen LogP contribution is 2.17. The first-order valence-electron chi connectivity index (χ1n) is 5.86. The number of hydrogen-bond donors (Lipinski definition) is 0. The van der Waals surface area contributed by atoms with Crippen molar-refractivity contribution in [2.75, 3.05) is 12.4 Å². The lowest BCUT2D eigenvalue weighted by Crippen LogP contribution is -2.32. The molecule has 98 valence electrons. The van der Waals surface area contributed by atoms with Gasteiger partial charge in [0.25, 0.3) is 0 Å². The van der Waals surface area contributed by atoms with Crippen molar-refractivity contribution in [2.24, 2.45) is 5.10 Å². The van der Waals surface area contributed by atoms with E-state index in [1.54, 1.807) is 0 Å². The predicted octanol–water partition coefficient (Wildman–Crippen LogP) is 2.91. The number of hydrogen-bond acceptors (Lipinski definition) is 2. The first kappa shape index (κ1) is 13.9. The van der Waals surface area contributed by atoms with Crippen molar-refractivity contribution in [3.8, 4) is 11.8 Å².